The summed E-state index contributed by atoms with van der Waals surface area (Å²) in [5, 5.41) is 4.70. The molecule has 1 aliphatic carbocycles. The summed E-state index contributed by atoms with van der Waals surface area (Å²) in [6, 6.07) is 15.1. The number of hydrogen-bond acceptors (Lipinski definition) is 3. The number of halogens is 1. The van der Waals surface area contributed by atoms with Crippen LogP contribution in [0.15, 0.2) is 48.5 Å². The second-order valence-electron chi connectivity index (χ2n) is 11.0. The number of aromatic nitrogens is 1. The first kappa shape index (κ1) is 27.0. The van der Waals surface area contributed by atoms with E-state index in [-0.39, 0.29) is 17.7 Å². The fraction of sp³-hybridized carbons (Fsp3) is 0.500. The predicted molar refractivity (Wildman–Crippen MR) is 155 cm³/mol. The van der Waals surface area contributed by atoms with Crippen molar-refractivity contribution >= 4 is 34.2 Å². The minimum Gasteiger partial charge on any atom is -0.348 e. The molecule has 202 valence electrons. The average Bonchev–Trinajstić information content (AvgIpc) is 3.54. The van der Waals surface area contributed by atoms with Crippen molar-refractivity contribution in [2.45, 2.75) is 83.2 Å². The van der Waals surface area contributed by atoms with Gasteiger partial charge in [-0.3, -0.25) is 9.59 Å². The Balaban J connectivity index is 1.49. The number of nitrogens with zero attached hydrogens (tertiary/aromatic N) is 2. The van der Waals surface area contributed by atoms with Crippen LogP contribution in [0.4, 0.5) is 0 Å². The van der Waals surface area contributed by atoms with Crippen LogP contribution in [0, 0.1) is 0 Å². The Hall–Kier alpha value is -2.63. The molecule has 1 aromatic heterocycles. The summed E-state index contributed by atoms with van der Waals surface area (Å²) in [5.41, 5.74) is 2.45. The summed E-state index contributed by atoms with van der Waals surface area (Å²) in [5.74, 6) is -0.279. The van der Waals surface area contributed by atoms with Crippen LogP contribution in [0.3, 0.4) is 0 Å². The van der Waals surface area contributed by atoms with Crippen molar-refractivity contribution in [2.24, 2.45) is 0 Å². The van der Waals surface area contributed by atoms with E-state index in [0.717, 1.165) is 56.0 Å². The van der Waals surface area contributed by atoms with E-state index >= 15 is 0 Å². The first-order valence-corrected chi connectivity index (χ1v) is 14.9. The summed E-state index contributed by atoms with van der Waals surface area (Å²) in [7, 11) is 0. The molecule has 0 spiro atoms. The monoisotopic (exact) mass is 533 g/mol. The van der Waals surface area contributed by atoms with Crippen molar-refractivity contribution in [1.29, 1.82) is 0 Å². The molecule has 0 radical (unpaired) electrons. The van der Waals surface area contributed by atoms with Gasteiger partial charge in [-0.1, -0.05) is 74.0 Å². The molecule has 1 saturated carbocycles. The highest BCUT2D eigenvalue weighted by atomic mass is 35.5. The topological polar surface area (TPSA) is 54.3 Å². The summed E-state index contributed by atoms with van der Waals surface area (Å²) in [6.07, 6.45) is 12.6. The molecule has 1 N–H and O–H groups in total. The second-order valence-corrected chi connectivity index (χ2v) is 11.4. The van der Waals surface area contributed by atoms with Crippen LogP contribution in [-0.4, -0.2) is 46.8 Å². The Kier molecular flexibility index (Phi) is 9.18. The number of carbonyl (C=O) groups excluding carboxylic acids is 2. The molecule has 1 saturated heterocycles. The fourth-order valence-corrected chi connectivity index (χ4v) is 6.43. The lowest BCUT2D eigenvalue weighted by Gasteiger charge is -2.22. The molecular formula is C32H40ClN3O2. The van der Waals surface area contributed by atoms with Crippen molar-refractivity contribution in [3.8, 4) is 0 Å². The SMILES string of the molecule is O=C(c1cccc(Cl)c1)c1c(C(=O)NC2CCCCCCC2)n(CCCCN2CCCC2)c2ccccc12. The summed E-state index contributed by atoms with van der Waals surface area (Å²) in [6.45, 7) is 4.20. The molecule has 5 nitrogen and oxygen atoms in total. The molecular weight excluding hydrogens is 494 g/mol. The zero-order valence-electron chi connectivity index (χ0n) is 22.4. The molecule has 1 aliphatic heterocycles. The van der Waals surface area contributed by atoms with Crippen molar-refractivity contribution < 1.29 is 9.59 Å². The molecule has 2 fully saturated rings. The van der Waals surface area contributed by atoms with Gasteiger partial charge < -0.3 is 14.8 Å². The number of likely N-dealkylation sites (tertiary alicyclic amines) is 1. The summed E-state index contributed by atoms with van der Waals surface area (Å²) in [4.78, 5) is 30.6. The number of fused-ring (bicyclic) bond motifs is 1. The molecule has 0 bridgehead atoms. The number of unbranched alkanes of at least 4 members (excludes halogenated alkanes) is 1. The highest BCUT2D eigenvalue weighted by Crippen LogP contribution is 2.30. The van der Waals surface area contributed by atoms with Crippen LogP contribution in [-0.2, 0) is 6.54 Å². The Morgan fingerprint density at radius 3 is 2.32 bits per heavy atom. The lowest BCUT2D eigenvalue weighted by molar-refractivity contribution is 0.0911. The van der Waals surface area contributed by atoms with Crippen LogP contribution in [0.2, 0.25) is 5.02 Å². The lowest BCUT2D eigenvalue weighted by Crippen LogP contribution is -2.37. The summed E-state index contributed by atoms with van der Waals surface area (Å²) < 4.78 is 2.11. The molecule has 5 rings (SSSR count). The minimum absolute atomic E-state index is 0.128. The third kappa shape index (κ3) is 6.32. The third-order valence-corrected chi connectivity index (χ3v) is 8.48. The molecule has 2 heterocycles. The van der Waals surface area contributed by atoms with Crippen molar-refractivity contribution in [3.63, 3.8) is 0 Å². The van der Waals surface area contributed by atoms with Crippen molar-refractivity contribution in [3.05, 3.63) is 70.4 Å². The average molecular weight is 534 g/mol. The Morgan fingerprint density at radius 1 is 0.842 bits per heavy atom. The molecule has 0 atom stereocenters. The van der Waals surface area contributed by atoms with Gasteiger partial charge in [0.2, 0.25) is 0 Å². The van der Waals surface area contributed by atoms with E-state index in [0.29, 0.717) is 28.4 Å². The molecule has 1 amide bonds. The van der Waals surface area contributed by atoms with Gasteiger partial charge in [0.15, 0.2) is 5.78 Å². The van der Waals surface area contributed by atoms with E-state index in [1.807, 2.05) is 24.3 Å². The second kappa shape index (κ2) is 12.9. The number of aryl methyl sites for hydroxylation is 1. The zero-order chi connectivity index (χ0) is 26.3. The maximum Gasteiger partial charge on any atom is 0.268 e. The highest BCUT2D eigenvalue weighted by Gasteiger charge is 2.29. The van der Waals surface area contributed by atoms with Crippen LogP contribution in [0.1, 0.15) is 97.0 Å². The number of benzene rings is 2. The Morgan fingerprint density at radius 2 is 1.55 bits per heavy atom. The quantitative estimate of drug-likeness (QED) is 0.233. The number of amides is 1. The van der Waals surface area contributed by atoms with E-state index in [1.54, 1.807) is 24.3 Å². The van der Waals surface area contributed by atoms with Crippen LogP contribution in [0.5, 0.6) is 0 Å². The van der Waals surface area contributed by atoms with E-state index in [2.05, 4.69) is 14.8 Å². The van der Waals surface area contributed by atoms with Crippen LogP contribution >= 0.6 is 11.6 Å². The van der Waals surface area contributed by atoms with Gasteiger partial charge in [-0.2, -0.15) is 0 Å². The molecule has 3 aromatic rings. The lowest BCUT2D eigenvalue weighted by atomic mass is 9.96. The van der Waals surface area contributed by atoms with Gasteiger partial charge in [0.25, 0.3) is 5.91 Å². The molecule has 2 aliphatic rings. The van der Waals surface area contributed by atoms with Gasteiger partial charge >= 0.3 is 0 Å². The normalized spacial score (nSPS) is 17.4. The standard InChI is InChI=1S/C32H40ClN3O2/c33-25-14-12-13-24(23-25)31(37)29-27-17-6-7-18-28(27)36(22-11-10-21-35-19-8-9-20-35)30(29)32(38)34-26-15-4-2-1-3-5-16-26/h6-7,12-14,17-18,23,26H,1-5,8-11,15-16,19-22H2,(H,34,38). The number of carbonyl (C=O) groups is 2. The van der Waals surface area contributed by atoms with Gasteiger partial charge in [-0.05, 0) is 76.4 Å². The van der Waals surface area contributed by atoms with E-state index in [4.69, 9.17) is 11.6 Å². The predicted octanol–water partition coefficient (Wildman–Crippen LogP) is 7.24. The first-order valence-electron chi connectivity index (χ1n) is 14.6. The van der Waals surface area contributed by atoms with E-state index in [9.17, 15) is 9.59 Å². The summed E-state index contributed by atoms with van der Waals surface area (Å²) >= 11 is 6.26. The number of nitrogens with one attached hydrogen (secondary N) is 1. The van der Waals surface area contributed by atoms with Crippen molar-refractivity contribution in [1.82, 2.24) is 14.8 Å². The van der Waals surface area contributed by atoms with Gasteiger partial charge in [0, 0.05) is 34.1 Å². The molecule has 38 heavy (non-hydrogen) atoms. The van der Waals surface area contributed by atoms with Crippen LogP contribution < -0.4 is 5.32 Å². The smallest absolute Gasteiger partial charge is 0.268 e. The van der Waals surface area contributed by atoms with Crippen LogP contribution in [0.25, 0.3) is 10.9 Å². The first-order chi connectivity index (χ1) is 18.6. The highest BCUT2D eigenvalue weighted by molar-refractivity contribution is 6.31. The molecule has 2 aromatic carbocycles. The Labute approximate surface area is 231 Å². The minimum atomic E-state index is -0.151. The number of rotatable bonds is 9. The van der Waals surface area contributed by atoms with Gasteiger partial charge in [0.1, 0.15) is 5.69 Å². The number of para-hydroxylation sites is 1. The number of ketones is 1. The van der Waals surface area contributed by atoms with Crippen molar-refractivity contribution in [2.75, 3.05) is 19.6 Å². The fourth-order valence-electron chi connectivity index (χ4n) is 6.24. The maximum absolute atomic E-state index is 14.0. The Bertz CT molecular complexity index is 1250. The van der Waals surface area contributed by atoms with Gasteiger partial charge in [-0.25, -0.2) is 0 Å². The largest absolute Gasteiger partial charge is 0.348 e. The van der Waals surface area contributed by atoms with Gasteiger partial charge in [0.05, 0.1) is 5.56 Å². The zero-order valence-corrected chi connectivity index (χ0v) is 23.1. The number of hydrogen-bond donors (Lipinski definition) is 1. The molecule has 6 heteroatoms. The maximum atomic E-state index is 14.0. The third-order valence-electron chi connectivity index (χ3n) is 8.24. The van der Waals surface area contributed by atoms with E-state index in [1.165, 1.54) is 45.2 Å². The van der Waals surface area contributed by atoms with Gasteiger partial charge in [-0.15, -0.1) is 0 Å². The van der Waals surface area contributed by atoms with E-state index < -0.39 is 0 Å². The molecule has 0 unspecified atom stereocenters.